The van der Waals surface area contributed by atoms with Gasteiger partial charge in [-0.05, 0) is 71.4 Å². The van der Waals surface area contributed by atoms with E-state index in [0.29, 0.717) is 0 Å². The Morgan fingerprint density at radius 1 is 0.848 bits per heavy atom. The molecule has 1 unspecified atom stereocenters. The molecule has 0 aromatic heterocycles. The van der Waals surface area contributed by atoms with Gasteiger partial charge in [-0.25, -0.2) is 0 Å². The third-order valence-corrected chi connectivity index (χ3v) is 6.88. The lowest BCUT2D eigenvalue weighted by Crippen LogP contribution is -2.42. The zero-order valence-electron chi connectivity index (χ0n) is 18.9. The fourth-order valence-electron chi connectivity index (χ4n) is 4.94. The Balaban J connectivity index is 1.62. The van der Waals surface area contributed by atoms with Crippen LogP contribution in [0.3, 0.4) is 0 Å². The van der Waals surface area contributed by atoms with Crippen LogP contribution in [0.1, 0.15) is 42.2 Å². The molecular weight excluding hydrogens is 394 g/mol. The van der Waals surface area contributed by atoms with Crippen LogP contribution >= 0.6 is 0 Å². The van der Waals surface area contributed by atoms with E-state index >= 15 is 0 Å². The Kier molecular flexibility index (Phi) is 5.69. The van der Waals surface area contributed by atoms with Gasteiger partial charge in [0, 0.05) is 17.4 Å². The normalized spacial score (nSPS) is 18.9. The van der Waals surface area contributed by atoms with E-state index in [9.17, 15) is 0 Å². The average molecular weight is 417 g/mol. The summed E-state index contributed by atoms with van der Waals surface area (Å²) >= 11 is 0. The van der Waals surface area contributed by atoms with E-state index in [4.69, 9.17) is 31.4 Å². The molecule has 1 heterocycles. The van der Waals surface area contributed by atoms with Crippen LogP contribution in [0.25, 0.3) is 16.7 Å². The highest BCUT2D eigenvalue weighted by Gasteiger charge is 2.42. The molecule has 8 radical (unpaired) electrons. The van der Waals surface area contributed by atoms with Gasteiger partial charge in [-0.3, -0.25) is 0 Å². The summed E-state index contributed by atoms with van der Waals surface area (Å²) in [6.45, 7) is 2.05. The molecule has 0 bridgehead atoms. The van der Waals surface area contributed by atoms with Gasteiger partial charge >= 0.3 is 0 Å². The van der Waals surface area contributed by atoms with Crippen molar-refractivity contribution in [2.24, 2.45) is 0 Å². The Bertz CT molecular complexity index is 1240. The number of hydrogen-bond acceptors (Lipinski definition) is 1. The van der Waals surface area contributed by atoms with E-state index in [1.54, 1.807) is 0 Å². The molecule has 5 rings (SSSR count). The summed E-state index contributed by atoms with van der Waals surface area (Å²) in [5.41, 5.74) is 7.60. The van der Waals surface area contributed by atoms with Crippen molar-refractivity contribution in [2.45, 2.75) is 36.7 Å². The molecule has 0 fully saturated rings. The van der Waals surface area contributed by atoms with Gasteiger partial charge in [-0.1, -0.05) is 77.7 Å². The largest absolute Gasteiger partial charge is 0.339 e. The maximum absolute atomic E-state index is 6.74. The molecule has 1 nitrogen and oxygen atoms in total. The van der Waals surface area contributed by atoms with Crippen molar-refractivity contribution < 1.29 is 0 Å². The molecule has 0 spiro atoms. The lowest BCUT2D eigenvalue weighted by atomic mass is 9.49. The van der Waals surface area contributed by atoms with Crippen LogP contribution in [-0.4, -0.2) is 37.4 Å². The Hall–Kier alpha value is -2.80. The highest BCUT2D eigenvalue weighted by atomic mass is 15.2. The Labute approximate surface area is 202 Å². The highest BCUT2D eigenvalue weighted by molar-refractivity contribution is 6.42. The summed E-state index contributed by atoms with van der Waals surface area (Å²) in [5, 5.41) is -1.02. The van der Waals surface area contributed by atoms with Gasteiger partial charge in [-0.15, -0.1) is 0 Å². The number of allylic oxidation sites excluding steroid dienone is 4. The van der Waals surface area contributed by atoms with Gasteiger partial charge < -0.3 is 4.90 Å². The van der Waals surface area contributed by atoms with Crippen LogP contribution < -0.4 is 4.90 Å². The summed E-state index contributed by atoms with van der Waals surface area (Å²) in [6, 6.07) is 22.7. The summed E-state index contributed by atoms with van der Waals surface area (Å²) in [4.78, 5) is 2.18. The number of fused-ring (bicyclic) bond motifs is 1. The third-order valence-electron chi connectivity index (χ3n) is 6.88. The first-order valence-electron chi connectivity index (χ1n) is 11.5. The average Bonchev–Trinajstić information content (AvgIpc) is 3.04. The van der Waals surface area contributed by atoms with Gasteiger partial charge in [-0.2, -0.15) is 0 Å². The third kappa shape index (κ3) is 3.82. The summed E-state index contributed by atoms with van der Waals surface area (Å²) in [5.74, 6) is 0. The molecule has 5 heteroatoms. The summed E-state index contributed by atoms with van der Waals surface area (Å²) in [7, 11) is 26.0. The van der Waals surface area contributed by atoms with Gasteiger partial charge in [0.2, 0.25) is 0 Å². The van der Waals surface area contributed by atoms with E-state index in [-0.39, 0.29) is 6.04 Å². The van der Waals surface area contributed by atoms with Crippen molar-refractivity contribution in [1.82, 2.24) is 0 Å². The van der Waals surface area contributed by atoms with Crippen LogP contribution in [0.5, 0.6) is 0 Å². The number of rotatable bonds is 4. The molecular formula is C28H23B4N. The fraction of sp³-hybridized carbons (Fsp3) is 0.214. The Morgan fingerprint density at radius 3 is 2.27 bits per heavy atom. The molecule has 0 N–H and O–H groups in total. The maximum atomic E-state index is 6.74. The van der Waals surface area contributed by atoms with Crippen LogP contribution in [0.4, 0.5) is 11.4 Å². The molecule has 0 saturated heterocycles. The van der Waals surface area contributed by atoms with Crippen molar-refractivity contribution in [3.8, 4) is 11.1 Å². The molecule has 3 aromatic rings. The number of hydrogen-bond donors (Lipinski definition) is 0. The molecule has 0 amide bonds. The fourth-order valence-corrected chi connectivity index (χ4v) is 4.94. The van der Waals surface area contributed by atoms with E-state index in [1.807, 2.05) is 18.2 Å². The van der Waals surface area contributed by atoms with Crippen molar-refractivity contribution in [1.29, 1.82) is 0 Å². The first-order chi connectivity index (χ1) is 15.9. The van der Waals surface area contributed by atoms with E-state index in [2.05, 4.69) is 78.6 Å². The Morgan fingerprint density at radius 2 is 1.58 bits per heavy atom. The van der Waals surface area contributed by atoms with Crippen molar-refractivity contribution in [2.75, 3.05) is 4.90 Å². The summed E-state index contributed by atoms with van der Waals surface area (Å²) < 4.78 is 0. The van der Waals surface area contributed by atoms with E-state index < -0.39 is 10.9 Å². The lowest BCUT2D eigenvalue weighted by Gasteiger charge is -2.34. The molecule has 33 heavy (non-hydrogen) atoms. The van der Waals surface area contributed by atoms with Crippen LogP contribution in [-0.2, 0) is 5.21 Å². The van der Waals surface area contributed by atoms with Crippen molar-refractivity contribution in [3.63, 3.8) is 0 Å². The molecule has 0 saturated carbocycles. The predicted octanol–water partition coefficient (Wildman–Crippen LogP) is 5.45. The van der Waals surface area contributed by atoms with Gasteiger partial charge in [0.1, 0.15) is 0 Å². The van der Waals surface area contributed by atoms with Crippen LogP contribution in [0.15, 0.2) is 85.0 Å². The number of nitrogens with zero attached hydrogens (tertiary/aromatic N) is 1. The summed E-state index contributed by atoms with van der Waals surface area (Å²) in [6.07, 6.45) is 8.77. The van der Waals surface area contributed by atoms with Gasteiger partial charge in [0.15, 0.2) is 0 Å². The first-order valence-corrected chi connectivity index (χ1v) is 11.5. The maximum Gasteiger partial charge on any atom is 0.0711 e. The monoisotopic (exact) mass is 417 g/mol. The van der Waals surface area contributed by atoms with E-state index in [0.717, 1.165) is 52.0 Å². The van der Waals surface area contributed by atoms with Gasteiger partial charge in [0.25, 0.3) is 0 Å². The zero-order valence-corrected chi connectivity index (χ0v) is 18.9. The second-order valence-corrected chi connectivity index (χ2v) is 9.02. The lowest BCUT2D eigenvalue weighted by molar-refractivity contribution is 0.683. The van der Waals surface area contributed by atoms with Crippen molar-refractivity contribution in [3.05, 3.63) is 102 Å². The van der Waals surface area contributed by atoms with Crippen LogP contribution in [0, 0.1) is 0 Å². The second-order valence-electron chi connectivity index (χ2n) is 9.02. The zero-order chi connectivity index (χ0) is 23.2. The smallest absolute Gasteiger partial charge is 0.0711 e. The number of anilines is 2. The molecule has 1 atom stereocenters. The molecule has 1 aliphatic heterocycles. The minimum Gasteiger partial charge on any atom is -0.339 e. The molecule has 2 aliphatic rings. The first kappa shape index (κ1) is 22.0. The van der Waals surface area contributed by atoms with Crippen molar-refractivity contribution >= 4 is 48.3 Å². The van der Waals surface area contributed by atoms with Crippen LogP contribution in [0.2, 0.25) is 0 Å². The van der Waals surface area contributed by atoms with E-state index in [1.165, 1.54) is 5.57 Å². The second kappa shape index (κ2) is 8.52. The molecule has 1 aliphatic carbocycles. The predicted molar refractivity (Wildman–Crippen MR) is 144 cm³/mol. The number of benzene rings is 3. The molecule has 152 valence electrons. The van der Waals surface area contributed by atoms with Gasteiger partial charge in [0.05, 0.1) is 31.4 Å². The quantitative estimate of drug-likeness (QED) is 0.511. The highest BCUT2D eigenvalue weighted by Crippen LogP contribution is 2.48. The molecule has 3 aromatic carbocycles. The minimum absolute atomic E-state index is 0.182. The standard InChI is InChI=1S/C28H23B4N/c1-18-28(31,32)24-17-22(20-10-6-3-7-11-20)13-15-26(24)33(18)25-14-12-21(16-23(25)27(29)30)19-8-4-2-5-9-19/h2,4-6,8-18,27H,3,7H2,1H3. The minimum atomic E-state index is -1.02. The topological polar surface area (TPSA) is 3.24 Å². The SMILES string of the molecule is [B]C([B])c1cc(-c2ccccc2)ccc1N1c2ccc(C3=CCCC=C3)cc2C([B])([B])C1C.